The van der Waals surface area contributed by atoms with Crippen LogP contribution in [0, 0.1) is 0 Å². The number of rotatable bonds is 8. The Labute approximate surface area is 107 Å². The molecule has 0 saturated heterocycles. The molecule has 0 atom stereocenters. The first-order chi connectivity index (χ1) is 8.74. The van der Waals surface area contributed by atoms with E-state index in [-0.39, 0.29) is 6.42 Å². The lowest BCUT2D eigenvalue weighted by molar-refractivity contribution is -0.151. The number of esters is 1. The van der Waals surface area contributed by atoms with Crippen molar-refractivity contribution in [2.45, 2.75) is 25.7 Å². The van der Waals surface area contributed by atoms with Crippen molar-refractivity contribution in [3.8, 4) is 5.75 Å². The predicted molar refractivity (Wildman–Crippen MR) is 67.4 cm³/mol. The Kier molecular flexibility index (Phi) is 6.54. The number of hydrogen-bond donors (Lipinski definition) is 0. The maximum absolute atomic E-state index is 11.1. The predicted octanol–water partition coefficient (Wildman–Crippen LogP) is 2.37. The summed E-state index contributed by atoms with van der Waals surface area (Å²) in [4.78, 5) is 21.9. The summed E-state index contributed by atoms with van der Waals surface area (Å²) >= 11 is 0. The van der Waals surface area contributed by atoms with Gasteiger partial charge in [-0.15, -0.1) is 0 Å². The minimum atomic E-state index is -0.754. The first-order valence-electron chi connectivity index (χ1n) is 6.03. The molecule has 0 aliphatic heterocycles. The summed E-state index contributed by atoms with van der Waals surface area (Å²) in [6, 6.07) is 9.58. The Hall–Kier alpha value is -1.84. The summed E-state index contributed by atoms with van der Waals surface area (Å²) in [6.45, 7) is 0.621. The Morgan fingerprint density at radius 2 is 1.78 bits per heavy atom. The molecule has 0 amide bonds. The summed E-state index contributed by atoms with van der Waals surface area (Å²) < 4.78 is 9.84. The molecule has 4 heteroatoms. The molecule has 18 heavy (non-hydrogen) atoms. The van der Waals surface area contributed by atoms with E-state index in [1.807, 2.05) is 30.3 Å². The van der Waals surface area contributed by atoms with Crippen LogP contribution >= 0.6 is 0 Å². The summed E-state index contributed by atoms with van der Waals surface area (Å²) in [5.41, 5.74) is 0. The molecule has 1 rings (SSSR count). The van der Waals surface area contributed by atoms with Crippen molar-refractivity contribution < 1.29 is 19.1 Å². The van der Waals surface area contributed by atoms with Crippen molar-refractivity contribution in [2.24, 2.45) is 0 Å². The van der Waals surface area contributed by atoms with E-state index in [0.29, 0.717) is 13.0 Å². The molecule has 0 unspecified atom stereocenters. The number of Topliss-reactive ketones (excluding diaryl/α,β-unsaturated/α-hetero) is 1. The molecule has 0 saturated carbocycles. The monoisotopic (exact) mass is 250 g/mol. The second kappa shape index (κ2) is 8.28. The van der Waals surface area contributed by atoms with Crippen LogP contribution < -0.4 is 4.74 Å². The van der Waals surface area contributed by atoms with Gasteiger partial charge in [0.05, 0.1) is 13.7 Å². The van der Waals surface area contributed by atoms with Gasteiger partial charge in [0.1, 0.15) is 5.75 Å². The topological polar surface area (TPSA) is 52.6 Å². The zero-order valence-electron chi connectivity index (χ0n) is 10.6. The standard InChI is InChI=1S/C14H18O4/c1-17-14(16)13(15)10-6-3-7-11-18-12-8-4-2-5-9-12/h2,4-5,8-9H,3,6-7,10-11H2,1H3. The fourth-order valence-electron chi connectivity index (χ4n) is 1.49. The molecule has 0 radical (unpaired) electrons. The van der Waals surface area contributed by atoms with Crippen molar-refractivity contribution >= 4 is 11.8 Å². The van der Waals surface area contributed by atoms with Crippen LogP contribution in [-0.4, -0.2) is 25.5 Å². The van der Waals surface area contributed by atoms with Crippen LogP contribution in [0.2, 0.25) is 0 Å². The lowest BCUT2D eigenvalue weighted by Gasteiger charge is -2.05. The van der Waals surface area contributed by atoms with Crippen molar-refractivity contribution in [3.05, 3.63) is 30.3 Å². The van der Waals surface area contributed by atoms with Crippen molar-refractivity contribution in [1.82, 2.24) is 0 Å². The van der Waals surface area contributed by atoms with Crippen molar-refractivity contribution in [3.63, 3.8) is 0 Å². The van der Waals surface area contributed by atoms with E-state index in [2.05, 4.69) is 4.74 Å². The zero-order valence-corrected chi connectivity index (χ0v) is 10.6. The number of carbonyl (C=O) groups excluding carboxylic acids is 2. The van der Waals surface area contributed by atoms with Gasteiger partial charge in [0.15, 0.2) is 0 Å². The number of hydrogen-bond acceptors (Lipinski definition) is 4. The van der Waals surface area contributed by atoms with Gasteiger partial charge in [0, 0.05) is 6.42 Å². The maximum atomic E-state index is 11.1. The minimum Gasteiger partial charge on any atom is -0.494 e. The van der Waals surface area contributed by atoms with Gasteiger partial charge in [0.25, 0.3) is 0 Å². The van der Waals surface area contributed by atoms with Crippen LogP contribution in [0.1, 0.15) is 25.7 Å². The first kappa shape index (κ1) is 14.2. The number of ether oxygens (including phenoxy) is 2. The Morgan fingerprint density at radius 3 is 2.44 bits per heavy atom. The van der Waals surface area contributed by atoms with Crippen molar-refractivity contribution in [1.29, 1.82) is 0 Å². The lowest BCUT2D eigenvalue weighted by atomic mass is 10.1. The number of carbonyl (C=O) groups is 2. The Balaban J connectivity index is 2.03. The maximum Gasteiger partial charge on any atom is 0.374 e. The highest BCUT2D eigenvalue weighted by molar-refractivity contribution is 6.33. The average molecular weight is 250 g/mol. The van der Waals surface area contributed by atoms with Crippen LogP contribution in [0.5, 0.6) is 5.75 Å². The van der Waals surface area contributed by atoms with Crippen LogP contribution in [0.15, 0.2) is 30.3 Å². The summed E-state index contributed by atoms with van der Waals surface area (Å²) in [5.74, 6) is -0.361. The van der Waals surface area contributed by atoms with E-state index in [0.717, 1.165) is 18.6 Å². The van der Waals surface area contributed by atoms with Gasteiger partial charge >= 0.3 is 5.97 Å². The molecule has 98 valence electrons. The number of benzene rings is 1. The highest BCUT2D eigenvalue weighted by Gasteiger charge is 2.12. The molecule has 4 nitrogen and oxygen atoms in total. The van der Waals surface area contributed by atoms with Gasteiger partial charge < -0.3 is 9.47 Å². The Bertz CT molecular complexity index is 373. The SMILES string of the molecule is COC(=O)C(=O)CCCCCOc1ccccc1. The highest BCUT2D eigenvalue weighted by Crippen LogP contribution is 2.09. The molecule has 0 spiro atoms. The summed E-state index contributed by atoms with van der Waals surface area (Å²) in [6.07, 6.45) is 2.66. The molecule has 0 aliphatic rings. The van der Waals surface area contributed by atoms with E-state index < -0.39 is 11.8 Å². The zero-order chi connectivity index (χ0) is 13.2. The van der Waals surface area contributed by atoms with Crippen LogP contribution in [0.3, 0.4) is 0 Å². The molecule has 0 fully saturated rings. The van der Waals surface area contributed by atoms with Crippen LogP contribution in [0.4, 0.5) is 0 Å². The largest absolute Gasteiger partial charge is 0.494 e. The van der Waals surface area contributed by atoms with E-state index in [1.165, 1.54) is 7.11 Å². The molecule has 0 aromatic heterocycles. The second-order valence-electron chi connectivity index (χ2n) is 3.89. The third-order valence-corrected chi connectivity index (χ3v) is 2.47. The molecular formula is C14H18O4. The lowest BCUT2D eigenvalue weighted by Crippen LogP contribution is -2.14. The molecule has 1 aromatic carbocycles. The fourth-order valence-corrected chi connectivity index (χ4v) is 1.49. The van der Waals surface area contributed by atoms with Gasteiger partial charge in [-0.1, -0.05) is 18.2 Å². The number of unbranched alkanes of at least 4 members (excludes halogenated alkanes) is 2. The van der Waals surface area contributed by atoms with Gasteiger partial charge in [-0.2, -0.15) is 0 Å². The molecule has 1 aromatic rings. The average Bonchev–Trinajstić information content (AvgIpc) is 2.42. The number of para-hydroxylation sites is 1. The minimum absolute atomic E-state index is 0.248. The molecule has 0 bridgehead atoms. The molecule has 0 N–H and O–H groups in total. The van der Waals surface area contributed by atoms with Crippen LogP contribution in [-0.2, 0) is 14.3 Å². The molecular weight excluding hydrogens is 232 g/mol. The van der Waals surface area contributed by atoms with E-state index >= 15 is 0 Å². The third kappa shape index (κ3) is 5.48. The van der Waals surface area contributed by atoms with E-state index in [9.17, 15) is 9.59 Å². The van der Waals surface area contributed by atoms with Gasteiger partial charge in [-0.05, 0) is 31.4 Å². The van der Waals surface area contributed by atoms with Crippen molar-refractivity contribution in [2.75, 3.05) is 13.7 Å². The second-order valence-corrected chi connectivity index (χ2v) is 3.89. The smallest absolute Gasteiger partial charge is 0.374 e. The third-order valence-electron chi connectivity index (χ3n) is 2.47. The Morgan fingerprint density at radius 1 is 1.06 bits per heavy atom. The summed E-state index contributed by atoms with van der Waals surface area (Å²) in [7, 11) is 1.22. The molecule has 0 aliphatic carbocycles. The van der Waals surface area contributed by atoms with Crippen LogP contribution in [0.25, 0.3) is 0 Å². The van der Waals surface area contributed by atoms with Gasteiger partial charge in [-0.25, -0.2) is 4.79 Å². The normalized spacial score (nSPS) is 9.83. The van der Waals surface area contributed by atoms with Gasteiger partial charge in [-0.3, -0.25) is 4.79 Å². The number of ketones is 1. The quantitative estimate of drug-likeness (QED) is 0.404. The first-order valence-corrected chi connectivity index (χ1v) is 6.03. The van der Waals surface area contributed by atoms with E-state index in [1.54, 1.807) is 0 Å². The van der Waals surface area contributed by atoms with E-state index in [4.69, 9.17) is 4.74 Å². The number of methoxy groups -OCH3 is 1. The highest BCUT2D eigenvalue weighted by atomic mass is 16.5. The molecule has 0 heterocycles. The van der Waals surface area contributed by atoms with Gasteiger partial charge in [0.2, 0.25) is 5.78 Å². The fraction of sp³-hybridized carbons (Fsp3) is 0.429. The summed E-state index contributed by atoms with van der Waals surface area (Å²) in [5, 5.41) is 0.